The molecule has 1 aliphatic rings. The van der Waals surface area contributed by atoms with Crippen molar-refractivity contribution >= 4 is 34.9 Å². The zero-order valence-electron chi connectivity index (χ0n) is 20.8. The Labute approximate surface area is 227 Å². The Hall–Kier alpha value is -3.97. The van der Waals surface area contributed by atoms with E-state index in [0.717, 1.165) is 44.0 Å². The van der Waals surface area contributed by atoms with Crippen molar-refractivity contribution in [1.29, 1.82) is 0 Å². The van der Waals surface area contributed by atoms with E-state index in [1.165, 1.54) is 0 Å². The van der Waals surface area contributed by atoms with Crippen molar-refractivity contribution in [2.45, 2.75) is 6.54 Å². The number of benzene rings is 4. The Morgan fingerprint density at radius 2 is 1.55 bits per heavy atom. The summed E-state index contributed by atoms with van der Waals surface area (Å²) in [6, 6.07) is 27.6. The highest BCUT2D eigenvalue weighted by Crippen LogP contribution is 2.32. The lowest BCUT2D eigenvalue weighted by Crippen LogP contribution is -2.35. The number of ether oxygens (including phenoxy) is 1. The van der Waals surface area contributed by atoms with Crippen molar-refractivity contribution in [3.63, 3.8) is 0 Å². The first-order chi connectivity index (χ1) is 18.6. The number of phenolic OH excluding ortho intramolecular Hbond substituents is 2. The van der Waals surface area contributed by atoms with Crippen LogP contribution in [0.3, 0.4) is 0 Å². The van der Waals surface area contributed by atoms with Crippen LogP contribution < -0.4 is 0 Å². The predicted molar refractivity (Wildman–Crippen MR) is 153 cm³/mol. The molecule has 0 atom stereocenters. The van der Waals surface area contributed by atoms with E-state index in [-0.39, 0.29) is 11.5 Å². The van der Waals surface area contributed by atoms with Gasteiger partial charge in [0.05, 0.1) is 30.3 Å². The molecule has 7 heteroatoms. The van der Waals surface area contributed by atoms with Gasteiger partial charge in [0.2, 0.25) is 0 Å². The number of rotatable bonds is 7. The van der Waals surface area contributed by atoms with Crippen molar-refractivity contribution in [2.75, 3.05) is 26.3 Å². The molecule has 2 N–H and O–H groups in total. The Balaban J connectivity index is 1.50. The van der Waals surface area contributed by atoms with Gasteiger partial charge >= 0.3 is 0 Å². The number of aliphatic imine (C=N–C) groups is 2. The zero-order chi connectivity index (χ0) is 26.3. The smallest absolute Gasteiger partial charge is 0.125 e. The van der Waals surface area contributed by atoms with Crippen molar-refractivity contribution in [3.8, 4) is 11.5 Å². The summed E-state index contributed by atoms with van der Waals surface area (Å²) >= 11 is 6.27. The molecule has 1 aliphatic heterocycles. The lowest BCUT2D eigenvalue weighted by Gasteiger charge is -2.26. The molecule has 0 aromatic heterocycles. The molecule has 0 radical (unpaired) electrons. The first-order valence-corrected chi connectivity index (χ1v) is 12.8. The summed E-state index contributed by atoms with van der Waals surface area (Å²) in [5, 5.41) is 21.6. The highest BCUT2D eigenvalue weighted by atomic mass is 35.5. The number of nitrogens with zero attached hydrogens (tertiary/aromatic N) is 3. The second-order valence-electron chi connectivity index (χ2n) is 9.02. The largest absolute Gasteiger partial charge is 0.507 e. The quantitative estimate of drug-likeness (QED) is 0.270. The highest BCUT2D eigenvalue weighted by Gasteiger charge is 2.14. The van der Waals surface area contributed by atoms with Gasteiger partial charge in [0.1, 0.15) is 11.5 Å². The number of morpholine rings is 1. The molecule has 38 heavy (non-hydrogen) atoms. The number of hydrogen-bond donors (Lipinski definition) is 2. The molecule has 6 nitrogen and oxygen atoms in total. The lowest BCUT2D eigenvalue weighted by molar-refractivity contribution is 0.0342. The lowest BCUT2D eigenvalue weighted by atomic mass is 10.0. The summed E-state index contributed by atoms with van der Waals surface area (Å²) in [5.41, 5.74) is 4.90. The molecule has 0 amide bonds. The summed E-state index contributed by atoms with van der Waals surface area (Å²) < 4.78 is 5.44. The van der Waals surface area contributed by atoms with Gasteiger partial charge in [-0.15, -0.1) is 0 Å². The van der Waals surface area contributed by atoms with E-state index in [4.69, 9.17) is 26.3 Å². The van der Waals surface area contributed by atoms with Crippen molar-refractivity contribution in [2.24, 2.45) is 9.98 Å². The summed E-state index contributed by atoms with van der Waals surface area (Å²) in [6.07, 6.45) is 1.66. The summed E-state index contributed by atoms with van der Waals surface area (Å²) in [6.45, 7) is 4.04. The van der Waals surface area contributed by atoms with E-state index < -0.39 is 0 Å². The number of aromatic hydroxyl groups is 2. The van der Waals surface area contributed by atoms with Crippen LogP contribution in [0.1, 0.15) is 22.3 Å². The Kier molecular flexibility index (Phi) is 8.14. The topological polar surface area (TPSA) is 77.7 Å². The summed E-state index contributed by atoms with van der Waals surface area (Å²) in [7, 11) is 0. The third-order valence-electron chi connectivity index (χ3n) is 6.32. The van der Waals surface area contributed by atoms with Gasteiger partial charge in [-0.3, -0.25) is 9.89 Å². The molecule has 5 rings (SSSR count). The molecule has 0 saturated carbocycles. The molecule has 192 valence electrons. The van der Waals surface area contributed by atoms with Crippen molar-refractivity contribution in [1.82, 2.24) is 4.90 Å². The SMILES string of the molecule is Oc1ccc(CN2CCOCC2)cc1C=Nc1ccccc1N=C(c1ccccc1)c1cc(Cl)ccc1O. The molecule has 0 aliphatic carbocycles. The van der Waals surface area contributed by atoms with Crippen LogP contribution in [-0.2, 0) is 11.3 Å². The fourth-order valence-electron chi connectivity index (χ4n) is 4.32. The van der Waals surface area contributed by atoms with Crippen LogP contribution in [0.25, 0.3) is 0 Å². The molecule has 1 saturated heterocycles. The number of hydrogen-bond acceptors (Lipinski definition) is 6. The van der Waals surface area contributed by atoms with E-state index in [1.54, 1.807) is 30.5 Å². The minimum atomic E-state index is 0.0833. The molecule has 4 aromatic rings. The summed E-state index contributed by atoms with van der Waals surface area (Å²) in [4.78, 5) is 12.0. The van der Waals surface area contributed by atoms with Crippen LogP contribution in [0.2, 0.25) is 5.02 Å². The number of phenols is 2. The van der Waals surface area contributed by atoms with Crippen molar-refractivity contribution < 1.29 is 14.9 Å². The first-order valence-electron chi connectivity index (χ1n) is 12.4. The fraction of sp³-hybridized carbons (Fsp3) is 0.161. The third-order valence-corrected chi connectivity index (χ3v) is 6.55. The Morgan fingerprint density at radius 3 is 2.34 bits per heavy atom. The van der Waals surface area contributed by atoms with Crippen LogP contribution in [0.15, 0.2) is 101 Å². The van der Waals surface area contributed by atoms with E-state index in [2.05, 4.69) is 4.90 Å². The average molecular weight is 526 g/mol. The van der Waals surface area contributed by atoms with E-state index in [9.17, 15) is 10.2 Å². The van der Waals surface area contributed by atoms with Crippen molar-refractivity contribution in [3.05, 3.63) is 118 Å². The van der Waals surface area contributed by atoms with E-state index in [0.29, 0.717) is 33.2 Å². The molecular formula is C31H28ClN3O3. The van der Waals surface area contributed by atoms with Crippen LogP contribution in [0.5, 0.6) is 11.5 Å². The Bertz CT molecular complexity index is 1460. The molecule has 0 bridgehead atoms. The molecular weight excluding hydrogens is 498 g/mol. The van der Waals surface area contributed by atoms with Gasteiger partial charge < -0.3 is 14.9 Å². The first kappa shape index (κ1) is 25.7. The highest BCUT2D eigenvalue weighted by molar-refractivity contribution is 6.31. The molecule has 0 unspecified atom stereocenters. The van der Waals surface area contributed by atoms with E-state index in [1.807, 2.05) is 66.7 Å². The number of para-hydroxylation sites is 2. The van der Waals surface area contributed by atoms with Gasteiger partial charge in [0, 0.05) is 47.6 Å². The third kappa shape index (κ3) is 6.29. The van der Waals surface area contributed by atoms with E-state index >= 15 is 0 Å². The fourth-order valence-corrected chi connectivity index (χ4v) is 4.50. The second-order valence-corrected chi connectivity index (χ2v) is 9.45. The standard InChI is InChI=1S/C31H28ClN3O3/c32-25-11-13-30(37)26(19-25)31(23-6-2-1-3-7-23)34-28-9-5-4-8-27(28)33-20-24-18-22(10-12-29(24)36)21-35-14-16-38-17-15-35/h1-13,18-20,36-37H,14-17,21H2. The Morgan fingerprint density at radius 1 is 0.842 bits per heavy atom. The van der Waals surface area contributed by atoms with Gasteiger partial charge in [0.15, 0.2) is 0 Å². The maximum Gasteiger partial charge on any atom is 0.125 e. The molecule has 4 aromatic carbocycles. The second kappa shape index (κ2) is 12.0. The zero-order valence-corrected chi connectivity index (χ0v) is 21.6. The van der Waals surface area contributed by atoms with Gasteiger partial charge in [-0.25, -0.2) is 4.99 Å². The minimum Gasteiger partial charge on any atom is -0.507 e. The normalized spacial score (nSPS) is 14.7. The molecule has 1 heterocycles. The van der Waals surface area contributed by atoms with Gasteiger partial charge in [-0.1, -0.05) is 60.1 Å². The molecule has 0 spiro atoms. The van der Waals surface area contributed by atoms with Crippen LogP contribution >= 0.6 is 11.6 Å². The van der Waals surface area contributed by atoms with Gasteiger partial charge in [0.25, 0.3) is 0 Å². The maximum atomic E-state index is 10.6. The monoisotopic (exact) mass is 525 g/mol. The minimum absolute atomic E-state index is 0.0833. The van der Waals surface area contributed by atoms with Gasteiger partial charge in [-0.05, 0) is 48.0 Å². The van der Waals surface area contributed by atoms with Crippen LogP contribution in [0, 0.1) is 0 Å². The molecule has 1 fully saturated rings. The predicted octanol–water partition coefficient (Wildman–Crippen LogP) is 6.50. The van der Waals surface area contributed by atoms with Crippen LogP contribution in [-0.4, -0.2) is 53.3 Å². The number of halogens is 1. The van der Waals surface area contributed by atoms with Gasteiger partial charge in [-0.2, -0.15) is 0 Å². The summed E-state index contributed by atoms with van der Waals surface area (Å²) in [5.74, 6) is 0.245. The average Bonchev–Trinajstić information content (AvgIpc) is 2.95. The van der Waals surface area contributed by atoms with Crippen LogP contribution in [0.4, 0.5) is 11.4 Å². The maximum absolute atomic E-state index is 10.6.